The second kappa shape index (κ2) is 6.00. The number of ether oxygens (including phenoxy) is 2. The first-order chi connectivity index (χ1) is 9.57. The molecule has 1 aliphatic rings. The quantitative estimate of drug-likeness (QED) is 0.810. The van der Waals surface area contributed by atoms with Gasteiger partial charge in [-0.05, 0) is 26.0 Å². The van der Waals surface area contributed by atoms with E-state index in [1.165, 1.54) is 0 Å². The number of halogens is 2. The fourth-order valence-electron chi connectivity index (χ4n) is 2.17. The minimum Gasteiger partial charge on any atom is -0.343 e. The van der Waals surface area contributed by atoms with Crippen LogP contribution in [-0.4, -0.2) is 31.4 Å². The van der Waals surface area contributed by atoms with Gasteiger partial charge in [0.25, 0.3) is 0 Å². The lowest BCUT2D eigenvalue weighted by molar-refractivity contribution is -0.146. The maximum Gasteiger partial charge on any atom is 0.333 e. The lowest BCUT2D eigenvalue weighted by atomic mass is 10.0. The molecule has 0 amide bonds. The fraction of sp³-hybridized carbons (Fsp3) is 0.500. The Morgan fingerprint density at radius 1 is 1.33 bits per heavy atom. The first-order valence-corrected chi connectivity index (χ1v) is 8.30. The molecule has 0 aliphatic carbocycles. The van der Waals surface area contributed by atoms with E-state index in [1.807, 2.05) is 4.72 Å². The summed E-state index contributed by atoms with van der Waals surface area (Å²) in [6.07, 6.45) is -1.22. The van der Waals surface area contributed by atoms with Crippen LogP contribution < -0.4 is 4.72 Å². The van der Waals surface area contributed by atoms with Crippen LogP contribution in [0.15, 0.2) is 18.2 Å². The van der Waals surface area contributed by atoms with Gasteiger partial charge >= 0.3 is 10.3 Å². The van der Waals surface area contributed by atoms with Crippen LogP contribution in [0.2, 0.25) is 10.0 Å². The number of rotatable bonds is 4. The van der Waals surface area contributed by atoms with E-state index >= 15 is 0 Å². The predicted molar refractivity (Wildman–Crippen MR) is 78.8 cm³/mol. The largest absolute Gasteiger partial charge is 0.343 e. The minimum atomic E-state index is -4.31. The summed E-state index contributed by atoms with van der Waals surface area (Å²) in [5.74, 6) is -0.904. The van der Waals surface area contributed by atoms with Crippen molar-refractivity contribution in [3.05, 3.63) is 33.8 Å². The molecule has 1 saturated heterocycles. The van der Waals surface area contributed by atoms with E-state index in [0.29, 0.717) is 15.6 Å². The van der Waals surface area contributed by atoms with Gasteiger partial charge in [-0.15, -0.1) is 0 Å². The van der Waals surface area contributed by atoms with Crippen LogP contribution in [0.25, 0.3) is 0 Å². The molecule has 2 atom stereocenters. The molecule has 1 aliphatic heterocycles. The van der Waals surface area contributed by atoms with Crippen molar-refractivity contribution in [3.8, 4) is 0 Å². The highest BCUT2D eigenvalue weighted by atomic mass is 35.5. The Hall–Kier alpha value is -0.410. The lowest BCUT2D eigenvalue weighted by Crippen LogP contribution is -2.35. The van der Waals surface area contributed by atoms with E-state index < -0.39 is 28.3 Å². The number of benzene rings is 1. The second-order valence-electron chi connectivity index (χ2n) is 5.08. The smallest absolute Gasteiger partial charge is 0.333 e. The van der Waals surface area contributed by atoms with Gasteiger partial charge in [-0.2, -0.15) is 13.1 Å². The van der Waals surface area contributed by atoms with Crippen LogP contribution in [0, 0.1) is 0 Å². The molecule has 0 spiro atoms. The zero-order valence-corrected chi connectivity index (χ0v) is 13.7. The van der Waals surface area contributed by atoms with Crippen LogP contribution in [0.4, 0.5) is 0 Å². The van der Waals surface area contributed by atoms with Crippen molar-refractivity contribution < 1.29 is 22.4 Å². The van der Waals surface area contributed by atoms with Gasteiger partial charge < -0.3 is 9.47 Å². The molecule has 9 heteroatoms. The molecule has 1 aromatic carbocycles. The zero-order valence-electron chi connectivity index (χ0n) is 11.3. The third-order valence-corrected chi connectivity index (χ3v) is 4.01. The van der Waals surface area contributed by atoms with Gasteiger partial charge in [-0.25, -0.2) is 0 Å². The number of hydrogen-bond acceptors (Lipinski definition) is 4. The highest BCUT2D eigenvalue weighted by Crippen LogP contribution is 2.41. The maximum atomic E-state index is 10.8. The third-order valence-electron chi connectivity index (χ3n) is 2.92. The van der Waals surface area contributed by atoms with Crippen molar-refractivity contribution in [2.45, 2.75) is 31.8 Å². The van der Waals surface area contributed by atoms with Crippen LogP contribution >= 0.6 is 23.2 Å². The molecule has 21 heavy (non-hydrogen) atoms. The summed E-state index contributed by atoms with van der Waals surface area (Å²) in [6.45, 7) is 3.26. The monoisotopic (exact) mass is 355 g/mol. The van der Waals surface area contributed by atoms with Gasteiger partial charge in [-0.1, -0.05) is 29.3 Å². The highest BCUT2D eigenvalue weighted by molar-refractivity contribution is 7.83. The molecule has 0 bridgehead atoms. The highest BCUT2D eigenvalue weighted by Gasteiger charge is 2.43. The first-order valence-electron chi connectivity index (χ1n) is 6.10. The molecule has 0 radical (unpaired) electrons. The molecule has 2 rings (SSSR count). The first kappa shape index (κ1) is 17.0. The Morgan fingerprint density at radius 2 is 2.00 bits per heavy atom. The molecule has 6 nitrogen and oxygen atoms in total. The summed E-state index contributed by atoms with van der Waals surface area (Å²) in [5.41, 5.74) is 0.633. The fourth-order valence-corrected chi connectivity index (χ4v) is 3.06. The van der Waals surface area contributed by atoms with Crippen LogP contribution in [0.3, 0.4) is 0 Å². The summed E-state index contributed by atoms with van der Waals surface area (Å²) in [5, 5.41) is 0.875. The van der Waals surface area contributed by atoms with Crippen LogP contribution in [0.1, 0.15) is 25.5 Å². The SMILES string of the molecule is CC1(C)O[C@H](c2ccc(Cl)cc2Cl)[C@@H](CNS(=O)(=O)O)O1. The third kappa shape index (κ3) is 4.53. The van der Waals surface area contributed by atoms with Gasteiger partial charge in [0.15, 0.2) is 5.79 Å². The van der Waals surface area contributed by atoms with E-state index in [4.69, 9.17) is 37.2 Å². The summed E-state index contributed by atoms with van der Waals surface area (Å²) in [7, 11) is -4.31. The van der Waals surface area contributed by atoms with E-state index in [2.05, 4.69) is 0 Å². The van der Waals surface area contributed by atoms with Crippen molar-refractivity contribution in [2.75, 3.05) is 6.54 Å². The summed E-state index contributed by atoms with van der Waals surface area (Å²) in [4.78, 5) is 0. The normalized spacial score (nSPS) is 25.2. The van der Waals surface area contributed by atoms with Crippen molar-refractivity contribution >= 4 is 33.5 Å². The molecule has 0 unspecified atom stereocenters. The number of hydrogen-bond donors (Lipinski definition) is 2. The Bertz CT molecular complexity index is 635. The van der Waals surface area contributed by atoms with Gasteiger partial charge in [-0.3, -0.25) is 4.55 Å². The van der Waals surface area contributed by atoms with Crippen LogP contribution in [-0.2, 0) is 19.8 Å². The van der Waals surface area contributed by atoms with E-state index in [1.54, 1.807) is 32.0 Å². The Labute approximate surface area is 133 Å². The van der Waals surface area contributed by atoms with Crippen molar-refractivity contribution in [1.29, 1.82) is 0 Å². The van der Waals surface area contributed by atoms with Crippen molar-refractivity contribution in [3.63, 3.8) is 0 Å². The lowest BCUT2D eigenvalue weighted by Gasteiger charge is -2.18. The minimum absolute atomic E-state index is 0.147. The van der Waals surface area contributed by atoms with E-state index in [-0.39, 0.29) is 6.54 Å². The zero-order chi connectivity index (χ0) is 15.8. The molecule has 1 fully saturated rings. The second-order valence-corrected chi connectivity index (χ2v) is 7.17. The average Bonchev–Trinajstić information content (AvgIpc) is 2.61. The Kier molecular flexibility index (Phi) is 4.84. The molecular weight excluding hydrogens is 341 g/mol. The van der Waals surface area contributed by atoms with E-state index in [9.17, 15) is 8.42 Å². The molecule has 1 aromatic rings. The molecular formula is C12H15Cl2NO5S. The Balaban J connectivity index is 2.25. The number of nitrogens with one attached hydrogen (secondary N) is 1. The molecule has 0 saturated carbocycles. The maximum absolute atomic E-state index is 10.8. The molecule has 118 valence electrons. The molecule has 0 aromatic heterocycles. The van der Waals surface area contributed by atoms with Crippen molar-refractivity contribution in [2.24, 2.45) is 0 Å². The summed E-state index contributed by atoms with van der Waals surface area (Å²) < 4.78 is 43.8. The topological polar surface area (TPSA) is 84.9 Å². The Morgan fingerprint density at radius 3 is 2.57 bits per heavy atom. The summed E-state index contributed by atoms with van der Waals surface area (Å²) in [6, 6.07) is 4.92. The predicted octanol–water partition coefficient (Wildman–Crippen LogP) is 2.58. The van der Waals surface area contributed by atoms with Gasteiger partial charge in [0, 0.05) is 22.2 Å². The van der Waals surface area contributed by atoms with E-state index in [0.717, 1.165) is 0 Å². The van der Waals surface area contributed by atoms with Gasteiger partial charge in [0.05, 0.1) is 0 Å². The van der Waals surface area contributed by atoms with Crippen LogP contribution in [0.5, 0.6) is 0 Å². The van der Waals surface area contributed by atoms with Gasteiger partial charge in [0.1, 0.15) is 12.2 Å². The standard InChI is InChI=1S/C12H15Cl2NO5S/c1-12(2)19-10(6-15-21(16,17)18)11(20-12)8-4-3-7(13)5-9(8)14/h3-5,10-11,15H,6H2,1-2H3,(H,16,17,18)/t10-,11-/m1/s1. The summed E-state index contributed by atoms with van der Waals surface area (Å²) >= 11 is 12.0. The van der Waals surface area contributed by atoms with Gasteiger partial charge in [0.2, 0.25) is 0 Å². The van der Waals surface area contributed by atoms with Crippen molar-refractivity contribution in [1.82, 2.24) is 4.72 Å². The molecule has 1 heterocycles. The molecule has 2 N–H and O–H groups in total. The average molecular weight is 356 g/mol.